The summed E-state index contributed by atoms with van der Waals surface area (Å²) in [7, 11) is 3.84. The first-order chi connectivity index (χ1) is 21.7. The van der Waals surface area contributed by atoms with E-state index >= 15 is 0 Å². The zero-order valence-corrected chi connectivity index (χ0v) is 28.1. The molecule has 0 amide bonds. The molecule has 0 spiro atoms. The van der Waals surface area contributed by atoms with Crippen LogP contribution < -0.4 is 4.74 Å². The Bertz CT molecular complexity index is 1410. The van der Waals surface area contributed by atoms with Crippen LogP contribution in [0.15, 0.2) is 72.8 Å². The molecule has 3 aliphatic carbocycles. The minimum Gasteiger partial charge on any atom is -0.488 e. The fraction of sp³-hybridized carbons (Fsp3) is 0.537. The molecule has 0 heterocycles. The number of methoxy groups -OCH3 is 1. The van der Waals surface area contributed by atoms with Crippen LogP contribution in [-0.2, 0) is 16.0 Å². The van der Waals surface area contributed by atoms with Crippen LogP contribution in [0.4, 0.5) is 0 Å². The minimum absolute atomic E-state index is 0.0225. The Morgan fingerprint density at radius 2 is 1.36 bits per heavy atom. The van der Waals surface area contributed by atoms with E-state index in [4.69, 9.17) is 9.47 Å². The number of aryl methyl sites for hydroxylation is 1. The highest BCUT2D eigenvalue weighted by atomic mass is 16.5. The molecule has 2 atom stereocenters. The summed E-state index contributed by atoms with van der Waals surface area (Å²) in [6, 6.07) is 28.9. The topological polar surface area (TPSA) is 38.8 Å². The molecule has 0 unspecified atom stereocenters. The van der Waals surface area contributed by atoms with Crippen molar-refractivity contribution in [3.8, 4) is 5.75 Å². The van der Waals surface area contributed by atoms with E-state index in [-0.39, 0.29) is 17.5 Å². The standard InChI is InChI=1S/C41H53NO3/c1-41(2,3)45-36-24-26-38-33(27-36)19-25-37(30-9-7-6-8-10-30)39(38)31-13-11-28(12-14-31)29-15-20-34(21-16-29)42(4)35-22-17-32(18-23-35)40(43)44-5/h6-14,24,26-27,29,32,34-35,37,39H,15-23,25H2,1-5H3/t29?,32?,34?,35?,37-,39+/m1/s1. The molecule has 0 radical (unpaired) electrons. The maximum Gasteiger partial charge on any atom is 0.308 e. The largest absolute Gasteiger partial charge is 0.488 e. The highest BCUT2D eigenvalue weighted by Crippen LogP contribution is 2.47. The van der Waals surface area contributed by atoms with Crippen molar-refractivity contribution >= 4 is 5.97 Å². The van der Waals surface area contributed by atoms with E-state index < -0.39 is 0 Å². The monoisotopic (exact) mass is 607 g/mol. The van der Waals surface area contributed by atoms with E-state index in [1.165, 1.54) is 60.6 Å². The first-order valence-corrected chi connectivity index (χ1v) is 17.5. The second kappa shape index (κ2) is 13.7. The molecule has 2 saturated carbocycles. The molecule has 0 N–H and O–H groups in total. The Hall–Kier alpha value is -3.11. The third-order valence-electron chi connectivity index (χ3n) is 11.1. The van der Waals surface area contributed by atoms with Gasteiger partial charge >= 0.3 is 5.97 Å². The average Bonchev–Trinajstić information content (AvgIpc) is 3.07. The number of fused-ring (bicyclic) bond motifs is 1. The summed E-state index contributed by atoms with van der Waals surface area (Å²) in [5, 5.41) is 0. The lowest BCUT2D eigenvalue weighted by Crippen LogP contribution is -2.44. The minimum atomic E-state index is -0.204. The molecule has 6 rings (SSSR count). The molecule has 3 aromatic carbocycles. The van der Waals surface area contributed by atoms with Gasteiger partial charge in [-0.25, -0.2) is 0 Å². The summed E-state index contributed by atoms with van der Waals surface area (Å²) in [4.78, 5) is 14.6. The van der Waals surface area contributed by atoms with Crippen LogP contribution in [0.3, 0.4) is 0 Å². The van der Waals surface area contributed by atoms with E-state index in [1.807, 2.05) is 0 Å². The van der Waals surface area contributed by atoms with Crippen molar-refractivity contribution < 1.29 is 14.3 Å². The number of esters is 1. The molecular weight excluding hydrogens is 554 g/mol. The van der Waals surface area contributed by atoms with Crippen LogP contribution >= 0.6 is 0 Å². The zero-order chi connectivity index (χ0) is 31.6. The van der Waals surface area contributed by atoms with E-state index in [2.05, 4.69) is 106 Å². The number of rotatable bonds is 7. The van der Waals surface area contributed by atoms with Crippen LogP contribution in [-0.4, -0.2) is 42.7 Å². The number of carbonyl (C=O) groups is 1. The Morgan fingerprint density at radius 1 is 0.733 bits per heavy atom. The van der Waals surface area contributed by atoms with Crippen molar-refractivity contribution in [3.63, 3.8) is 0 Å². The second-order valence-corrected chi connectivity index (χ2v) is 15.0. The lowest BCUT2D eigenvalue weighted by atomic mass is 9.69. The van der Waals surface area contributed by atoms with Crippen molar-refractivity contribution in [2.75, 3.05) is 14.2 Å². The number of hydrogen-bond acceptors (Lipinski definition) is 4. The molecular formula is C41H53NO3. The lowest BCUT2D eigenvalue weighted by Gasteiger charge is -2.41. The molecule has 0 aromatic heterocycles. The molecule has 4 heteroatoms. The van der Waals surface area contributed by atoms with Gasteiger partial charge in [0, 0.05) is 18.0 Å². The van der Waals surface area contributed by atoms with E-state index in [0.29, 0.717) is 29.8 Å². The molecule has 240 valence electrons. The Morgan fingerprint density at radius 3 is 1.98 bits per heavy atom. The summed E-state index contributed by atoms with van der Waals surface area (Å²) < 4.78 is 11.3. The van der Waals surface area contributed by atoms with E-state index in [0.717, 1.165) is 44.3 Å². The molecule has 0 saturated heterocycles. The molecule has 0 bridgehead atoms. The number of benzene rings is 3. The van der Waals surface area contributed by atoms with Gasteiger partial charge in [-0.05, 0) is 144 Å². The molecule has 45 heavy (non-hydrogen) atoms. The van der Waals surface area contributed by atoms with Gasteiger partial charge in [0.1, 0.15) is 11.4 Å². The van der Waals surface area contributed by atoms with Crippen LogP contribution in [0.5, 0.6) is 5.75 Å². The second-order valence-electron chi connectivity index (χ2n) is 15.0. The van der Waals surface area contributed by atoms with Crippen molar-refractivity contribution in [1.82, 2.24) is 4.90 Å². The summed E-state index contributed by atoms with van der Waals surface area (Å²) in [5.41, 5.74) is 7.04. The number of nitrogens with zero attached hydrogens (tertiary/aromatic N) is 1. The van der Waals surface area contributed by atoms with Gasteiger partial charge in [-0.2, -0.15) is 0 Å². The van der Waals surface area contributed by atoms with Gasteiger partial charge in [0.15, 0.2) is 0 Å². The third-order valence-corrected chi connectivity index (χ3v) is 11.1. The van der Waals surface area contributed by atoms with Crippen LogP contribution in [0.1, 0.15) is 124 Å². The smallest absolute Gasteiger partial charge is 0.308 e. The Balaban J connectivity index is 1.14. The maximum atomic E-state index is 12.0. The van der Waals surface area contributed by atoms with Crippen molar-refractivity contribution in [2.24, 2.45) is 5.92 Å². The van der Waals surface area contributed by atoms with Crippen LogP contribution in [0, 0.1) is 5.92 Å². The summed E-state index contributed by atoms with van der Waals surface area (Å²) >= 11 is 0. The quantitative estimate of drug-likeness (QED) is 0.251. The van der Waals surface area contributed by atoms with Gasteiger partial charge < -0.3 is 14.4 Å². The lowest BCUT2D eigenvalue weighted by molar-refractivity contribution is -0.147. The number of hydrogen-bond donors (Lipinski definition) is 0. The van der Waals surface area contributed by atoms with Crippen molar-refractivity contribution in [1.29, 1.82) is 0 Å². The fourth-order valence-corrected chi connectivity index (χ4v) is 8.66. The van der Waals surface area contributed by atoms with Crippen LogP contribution in [0.2, 0.25) is 0 Å². The Labute approximate surface area is 271 Å². The Kier molecular flexibility index (Phi) is 9.71. The van der Waals surface area contributed by atoms with Crippen molar-refractivity contribution in [2.45, 2.75) is 120 Å². The molecule has 3 aromatic rings. The summed E-state index contributed by atoms with van der Waals surface area (Å²) in [5.74, 6) is 2.50. The van der Waals surface area contributed by atoms with Gasteiger partial charge in [0.25, 0.3) is 0 Å². The van der Waals surface area contributed by atoms with E-state index in [1.54, 1.807) is 0 Å². The van der Waals surface area contributed by atoms with Gasteiger partial charge in [0.05, 0.1) is 13.0 Å². The fourth-order valence-electron chi connectivity index (χ4n) is 8.66. The average molecular weight is 608 g/mol. The first-order valence-electron chi connectivity index (χ1n) is 17.5. The van der Waals surface area contributed by atoms with E-state index in [9.17, 15) is 4.79 Å². The first kappa shape index (κ1) is 31.9. The predicted molar refractivity (Wildman–Crippen MR) is 183 cm³/mol. The van der Waals surface area contributed by atoms with Gasteiger partial charge in [-0.3, -0.25) is 4.79 Å². The van der Waals surface area contributed by atoms with Crippen LogP contribution in [0.25, 0.3) is 0 Å². The normalized spacial score (nSPS) is 27.1. The molecule has 3 aliphatic rings. The summed E-state index contributed by atoms with van der Waals surface area (Å²) in [6.07, 6.45) is 11.4. The predicted octanol–water partition coefficient (Wildman–Crippen LogP) is 9.42. The zero-order valence-electron chi connectivity index (χ0n) is 28.1. The number of carbonyl (C=O) groups excluding carboxylic acids is 1. The SMILES string of the molecule is COC(=O)C1CCC(N(C)C2CCC(c3ccc([C@@H]4c5ccc(OC(C)(C)C)cc5CC[C@@H]4c4ccccc4)cc3)CC2)CC1. The number of ether oxygens (including phenoxy) is 2. The van der Waals surface area contributed by atoms with Crippen molar-refractivity contribution in [3.05, 3.63) is 101 Å². The van der Waals surface area contributed by atoms with Gasteiger partial charge in [0.2, 0.25) is 0 Å². The molecule has 4 nitrogen and oxygen atoms in total. The molecule has 0 aliphatic heterocycles. The highest BCUT2D eigenvalue weighted by molar-refractivity contribution is 5.72. The highest BCUT2D eigenvalue weighted by Gasteiger charge is 2.35. The third kappa shape index (κ3) is 7.32. The summed E-state index contributed by atoms with van der Waals surface area (Å²) in [6.45, 7) is 6.35. The molecule has 2 fully saturated rings. The van der Waals surface area contributed by atoms with Gasteiger partial charge in [-0.1, -0.05) is 60.7 Å². The maximum absolute atomic E-state index is 12.0. The van der Waals surface area contributed by atoms with Gasteiger partial charge in [-0.15, -0.1) is 0 Å².